The number of sulfone groups is 1. The van der Waals surface area contributed by atoms with E-state index in [1.807, 2.05) is 0 Å². The molecule has 0 atom stereocenters. The molecule has 110 valence electrons. The maximum Gasteiger partial charge on any atom is 0.153 e. The highest BCUT2D eigenvalue weighted by molar-refractivity contribution is 7.91. The van der Waals surface area contributed by atoms with E-state index in [0.29, 0.717) is 17.1 Å². The third-order valence-corrected chi connectivity index (χ3v) is 4.37. The molecule has 1 aromatic rings. The largest absolute Gasteiger partial charge is 0.497 e. The van der Waals surface area contributed by atoms with Gasteiger partial charge in [0.2, 0.25) is 0 Å². The van der Waals surface area contributed by atoms with Gasteiger partial charge in [0.25, 0.3) is 0 Å². The Kier molecular flexibility index (Phi) is 6.69. The van der Waals surface area contributed by atoms with Gasteiger partial charge in [0.05, 0.1) is 24.3 Å². The van der Waals surface area contributed by atoms with Gasteiger partial charge in [-0.05, 0) is 18.2 Å². The third-order valence-electron chi connectivity index (χ3n) is 2.57. The molecule has 1 rings (SSSR count). The van der Waals surface area contributed by atoms with E-state index in [0.717, 1.165) is 0 Å². The maximum atomic E-state index is 11.4. The minimum Gasteiger partial charge on any atom is -0.497 e. The Labute approximate surface area is 125 Å². The zero-order valence-corrected chi connectivity index (χ0v) is 13.1. The summed E-state index contributed by atoms with van der Waals surface area (Å²) in [5, 5.41) is 0. The molecule has 0 heterocycles. The van der Waals surface area contributed by atoms with Crippen LogP contribution < -0.4 is 9.47 Å². The highest BCUT2D eigenvalue weighted by atomic mass is 35.5. The van der Waals surface area contributed by atoms with Crippen LogP contribution in [-0.4, -0.2) is 39.5 Å². The van der Waals surface area contributed by atoms with E-state index in [-0.39, 0.29) is 24.0 Å². The summed E-state index contributed by atoms with van der Waals surface area (Å²) in [6.07, 6.45) is 0. The summed E-state index contributed by atoms with van der Waals surface area (Å²) in [6.45, 7) is 1.71. The fourth-order valence-corrected chi connectivity index (χ4v) is 2.10. The summed E-state index contributed by atoms with van der Waals surface area (Å²) in [5.41, 5.74) is 0.624. The van der Waals surface area contributed by atoms with Crippen molar-refractivity contribution in [1.82, 2.24) is 0 Å². The van der Waals surface area contributed by atoms with Gasteiger partial charge in [0.15, 0.2) is 9.84 Å². The summed E-state index contributed by atoms with van der Waals surface area (Å²) >= 11 is 5.54. The molecule has 6 heteroatoms. The number of benzene rings is 1. The molecule has 0 aliphatic heterocycles. The Morgan fingerprint density at radius 3 is 2.70 bits per heavy atom. The van der Waals surface area contributed by atoms with E-state index in [2.05, 4.69) is 11.8 Å². The smallest absolute Gasteiger partial charge is 0.153 e. The van der Waals surface area contributed by atoms with E-state index < -0.39 is 9.84 Å². The molecule has 0 radical (unpaired) electrons. The van der Waals surface area contributed by atoms with Crippen molar-refractivity contribution in [1.29, 1.82) is 0 Å². The molecule has 0 spiro atoms. The molecule has 0 aliphatic rings. The normalized spacial score (nSPS) is 10.6. The summed E-state index contributed by atoms with van der Waals surface area (Å²) in [6, 6.07) is 5.16. The SMILES string of the molecule is CCS(=O)(=O)CCOc1ccc(OC)cc1C#CCCl. The predicted octanol–water partition coefficient (Wildman–Crippen LogP) is 2.10. The van der Waals surface area contributed by atoms with Gasteiger partial charge in [-0.3, -0.25) is 0 Å². The van der Waals surface area contributed by atoms with Crippen LogP contribution in [0.3, 0.4) is 0 Å². The first-order valence-corrected chi connectivity index (χ1v) is 8.44. The first kappa shape index (κ1) is 16.7. The van der Waals surface area contributed by atoms with Crippen molar-refractivity contribution in [3.63, 3.8) is 0 Å². The number of alkyl halides is 1. The second kappa shape index (κ2) is 8.03. The van der Waals surface area contributed by atoms with Crippen molar-refractivity contribution in [3.05, 3.63) is 23.8 Å². The number of rotatable bonds is 6. The molecular formula is C14H17ClO4S. The van der Waals surface area contributed by atoms with E-state index in [1.54, 1.807) is 32.2 Å². The standard InChI is InChI=1S/C14H17ClO4S/c1-3-20(16,17)10-9-19-14-7-6-13(18-2)11-12(14)5-4-8-15/h6-7,11H,3,8-10H2,1-2H3. The molecule has 0 aliphatic carbocycles. The summed E-state index contributed by atoms with van der Waals surface area (Å²) < 4.78 is 33.4. The lowest BCUT2D eigenvalue weighted by Crippen LogP contribution is -2.15. The van der Waals surface area contributed by atoms with Crippen molar-refractivity contribution in [2.75, 3.05) is 31.1 Å². The Morgan fingerprint density at radius 1 is 1.35 bits per heavy atom. The Morgan fingerprint density at radius 2 is 2.10 bits per heavy atom. The quantitative estimate of drug-likeness (QED) is 0.596. The Hall–Kier alpha value is -1.38. The van der Waals surface area contributed by atoms with Crippen LogP contribution >= 0.6 is 11.6 Å². The summed E-state index contributed by atoms with van der Waals surface area (Å²) in [7, 11) is -1.48. The minimum atomic E-state index is -3.04. The highest BCUT2D eigenvalue weighted by Gasteiger charge is 2.09. The lowest BCUT2D eigenvalue weighted by atomic mass is 10.2. The molecule has 0 aromatic heterocycles. The van der Waals surface area contributed by atoms with Gasteiger partial charge < -0.3 is 9.47 Å². The number of halogens is 1. The molecule has 0 bridgehead atoms. The first-order chi connectivity index (χ1) is 9.52. The zero-order valence-electron chi connectivity index (χ0n) is 11.5. The van der Waals surface area contributed by atoms with E-state index >= 15 is 0 Å². The van der Waals surface area contributed by atoms with Gasteiger partial charge in [0, 0.05) is 5.75 Å². The molecule has 0 amide bonds. The van der Waals surface area contributed by atoms with Crippen molar-refractivity contribution >= 4 is 21.4 Å². The zero-order chi connectivity index (χ0) is 15.0. The average Bonchev–Trinajstić information content (AvgIpc) is 2.45. The monoisotopic (exact) mass is 316 g/mol. The van der Waals surface area contributed by atoms with Gasteiger partial charge in [-0.2, -0.15) is 0 Å². The molecule has 1 aromatic carbocycles. The topological polar surface area (TPSA) is 52.6 Å². The van der Waals surface area contributed by atoms with Crippen LogP contribution in [-0.2, 0) is 9.84 Å². The number of ether oxygens (including phenoxy) is 2. The molecule has 20 heavy (non-hydrogen) atoms. The van der Waals surface area contributed by atoms with Gasteiger partial charge in [-0.15, -0.1) is 11.6 Å². The van der Waals surface area contributed by atoms with Crippen LogP contribution in [0.2, 0.25) is 0 Å². The van der Waals surface area contributed by atoms with Crippen LogP contribution in [0.1, 0.15) is 12.5 Å². The number of hydrogen-bond acceptors (Lipinski definition) is 4. The van der Waals surface area contributed by atoms with Crippen LogP contribution in [0.4, 0.5) is 0 Å². The third kappa shape index (κ3) is 5.32. The second-order valence-electron chi connectivity index (χ2n) is 3.88. The molecule has 4 nitrogen and oxygen atoms in total. The van der Waals surface area contributed by atoms with Crippen molar-refractivity contribution in [3.8, 4) is 23.3 Å². The van der Waals surface area contributed by atoms with Crippen LogP contribution in [0.5, 0.6) is 11.5 Å². The van der Waals surface area contributed by atoms with E-state index in [1.165, 1.54) is 0 Å². The average molecular weight is 317 g/mol. The fraction of sp³-hybridized carbons (Fsp3) is 0.429. The van der Waals surface area contributed by atoms with Gasteiger partial charge >= 0.3 is 0 Å². The minimum absolute atomic E-state index is 0.0160. The van der Waals surface area contributed by atoms with Crippen LogP contribution in [0, 0.1) is 11.8 Å². The lowest BCUT2D eigenvalue weighted by Gasteiger charge is -2.09. The Bertz CT molecular complexity index is 599. The predicted molar refractivity (Wildman–Crippen MR) is 80.4 cm³/mol. The van der Waals surface area contributed by atoms with E-state index in [9.17, 15) is 8.42 Å². The first-order valence-electron chi connectivity index (χ1n) is 6.08. The van der Waals surface area contributed by atoms with Crippen molar-refractivity contribution in [2.24, 2.45) is 0 Å². The molecule has 0 fully saturated rings. The van der Waals surface area contributed by atoms with Crippen molar-refractivity contribution < 1.29 is 17.9 Å². The van der Waals surface area contributed by atoms with Gasteiger partial charge in [-0.1, -0.05) is 18.8 Å². The van der Waals surface area contributed by atoms with Crippen LogP contribution in [0.25, 0.3) is 0 Å². The molecular weight excluding hydrogens is 300 g/mol. The van der Waals surface area contributed by atoms with Gasteiger partial charge in [0.1, 0.15) is 18.1 Å². The second-order valence-corrected chi connectivity index (χ2v) is 6.62. The van der Waals surface area contributed by atoms with Crippen LogP contribution in [0.15, 0.2) is 18.2 Å². The number of methoxy groups -OCH3 is 1. The van der Waals surface area contributed by atoms with E-state index in [4.69, 9.17) is 21.1 Å². The highest BCUT2D eigenvalue weighted by Crippen LogP contribution is 2.23. The molecule has 0 N–H and O–H groups in total. The maximum absolute atomic E-state index is 11.4. The summed E-state index contributed by atoms with van der Waals surface area (Å²) in [5.74, 6) is 7.07. The molecule has 0 saturated carbocycles. The lowest BCUT2D eigenvalue weighted by molar-refractivity contribution is 0.338. The van der Waals surface area contributed by atoms with Gasteiger partial charge in [-0.25, -0.2) is 8.42 Å². The van der Waals surface area contributed by atoms with Crippen molar-refractivity contribution in [2.45, 2.75) is 6.92 Å². The Balaban J connectivity index is 2.83. The molecule has 0 saturated heterocycles. The summed E-state index contributed by atoms with van der Waals surface area (Å²) in [4.78, 5) is 0. The number of hydrogen-bond donors (Lipinski definition) is 0. The molecule has 0 unspecified atom stereocenters. The fourth-order valence-electron chi connectivity index (χ4n) is 1.41.